The van der Waals surface area contributed by atoms with E-state index in [-0.39, 0.29) is 23.1 Å². The van der Waals surface area contributed by atoms with Crippen LogP contribution >= 0.6 is 24.0 Å². The Kier molecular flexibility index (Phi) is 5.05. The minimum atomic E-state index is -3.14. The first-order valence-corrected chi connectivity index (χ1v) is 11.6. The fraction of sp³-hybridized carbons (Fsp3) is 0.222. The lowest BCUT2D eigenvalue weighted by Crippen LogP contribution is -2.39. The van der Waals surface area contributed by atoms with Crippen LogP contribution in [0.15, 0.2) is 45.7 Å². The first-order valence-electron chi connectivity index (χ1n) is 8.56. The second-order valence-electron chi connectivity index (χ2n) is 6.62. The Morgan fingerprint density at radius 1 is 1.31 bits per heavy atom. The number of amides is 1. The largest absolute Gasteiger partial charge is 0.457 e. The average Bonchev–Trinajstić information content (AvgIpc) is 3.34. The van der Waals surface area contributed by atoms with Gasteiger partial charge in [0.05, 0.1) is 27.4 Å². The standard InChI is InChI=1S/C18H14N2O6S3/c21-17-16(28-18(27)19(17)13-6-7-29(24,25)10-13)9-14-4-5-15(26-14)11-2-1-3-12(8-11)20(22)23/h1-5,8-9,13H,6-7,10H2/b16-9+/t13-/m0/s1. The Bertz CT molecular complexity index is 1170. The van der Waals surface area contributed by atoms with Crippen molar-refractivity contribution in [3.05, 3.63) is 57.2 Å². The molecule has 0 unspecified atom stereocenters. The number of hydrogen-bond acceptors (Lipinski definition) is 8. The van der Waals surface area contributed by atoms with E-state index < -0.39 is 20.8 Å². The van der Waals surface area contributed by atoms with Crippen molar-refractivity contribution in [1.82, 2.24) is 4.90 Å². The molecule has 1 aromatic carbocycles. The van der Waals surface area contributed by atoms with Crippen LogP contribution in [0.3, 0.4) is 0 Å². The summed E-state index contributed by atoms with van der Waals surface area (Å²) in [6, 6.07) is 8.93. The first kappa shape index (κ1) is 19.8. The molecule has 4 rings (SSSR count). The highest BCUT2D eigenvalue weighted by Gasteiger charge is 2.42. The Balaban J connectivity index is 1.56. The zero-order valence-corrected chi connectivity index (χ0v) is 17.3. The lowest BCUT2D eigenvalue weighted by Gasteiger charge is -2.20. The number of carbonyl (C=O) groups is 1. The Morgan fingerprint density at radius 2 is 2.10 bits per heavy atom. The zero-order chi connectivity index (χ0) is 20.8. The number of nitro benzene ring substituents is 1. The minimum absolute atomic E-state index is 0.0483. The number of carbonyl (C=O) groups excluding carboxylic acids is 1. The molecule has 0 N–H and O–H groups in total. The van der Waals surface area contributed by atoms with Gasteiger partial charge in [0.15, 0.2) is 9.84 Å². The van der Waals surface area contributed by atoms with Crippen molar-refractivity contribution in [3.8, 4) is 11.3 Å². The highest BCUT2D eigenvalue weighted by molar-refractivity contribution is 8.26. The maximum Gasteiger partial charge on any atom is 0.270 e. The number of nitro groups is 1. The van der Waals surface area contributed by atoms with Crippen molar-refractivity contribution in [2.24, 2.45) is 0 Å². The fourth-order valence-corrected chi connectivity index (χ4v) is 6.34. The number of nitrogens with zero attached hydrogens (tertiary/aromatic N) is 2. The van der Waals surface area contributed by atoms with E-state index >= 15 is 0 Å². The van der Waals surface area contributed by atoms with E-state index in [9.17, 15) is 23.3 Å². The molecule has 2 aromatic rings. The molecular weight excluding hydrogens is 436 g/mol. The molecule has 1 atom stereocenters. The average molecular weight is 451 g/mol. The molecule has 0 radical (unpaired) electrons. The summed E-state index contributed by atoms with van der Waals surface area (Å²) in [6.45, 7) is 0. The summed E-state index contributed by atoms with van der Waals surface area (Å²) in [7, 11) is -3.14. The quantitative estimate of drug-likeness (QED) is 0.302. The van der Waals surface area contributed by atoms with Crippen LogP contribution in [0, 0.1) is 10.1 Å². The monoisotopic (exact) mass is 450 g/mol. The van der Waals surface area contributed by atoms with Gasteiger partial charge in [0.25, 0.3) is 11.6 Å². The second-order valence-corrected chi connectivity index (χ2v) is 10.5. The number of thioether (sulfide) groups is 1. The van der Waals surface area contributed by atoms with Gasteiger partial charge in [-0.15, -0.1) is 0 Å². The SMILES string of the molecule is O=C1/C(=C\c2ccc(-c3cccc([N+](=O)[O-])c3)o2)SC(=S)N1[C@H]1CCS(=O)(=O)C1. The van der Waals surface area contributed by atoms with E-state index in [0.29, 0.717) is 32.7 Å². The number of rotatable bonds is 4. The maximum atomic E-state index is 12.8. The summed E-state index contributed by atoms with van der Waals surface area (Å²) in [6.07, 6.45) is 1.92. The predicted octanol–water partition coefficient (Wildman–Crippen LogP) is 3.24. The Morgan fingerprint density at radius 3 is 2.79 bits per heavy atom. The highest BCUT2D eigenvalue weighted by Crippen LogP contribution is 2.37. The number of benzene rings is 1. The minimum Gasteiger partial charge on any atom is -0.457 e. The van der Waals surface area contributed by atoms with Crippen molar-refractivity contribution in [3.63, 3.8) is 0 Å². The summed E-state index contributed by atoms with van der Waals surface area (Å²) >= 11 is 6.38. The van der Waals surface area contributed by atoms with Gasteiger partial charge < -0.3 is 4.42 Å². The van der Waals surface area contributed by atoms with Crippen molar-refractivity contribution in [1.29, 1.82) is 0 Å². The molecule has 0 spiro atoms. The van der Waals surface area contributed by atoms with Crippen LogP contribution in [0.1, 0.15) is 12.2 Å². The van der Waals surface area contributed by atoms with Crippen LogP contribution in [0.4, 0.5) is 5.69 Å². The van der Waals surface area contributed by atoms with Gasteiger partial charge in [-0.25, -0.2) is 8.42 Å². The smallest absolute Gasteiger partial charge is 0.270 e. The molecule has 3 heterocycles. The summed E-state index contributed by atoms with van der Waals surface area (Å²) < 4.78 is 29.5. The molecule has 2 saturated heterocycles. The van der Waals surface area contributed by atoms with E-state index in [4.69, 9.17) is 16.6 Å². The van der Waals surface area contributed by atoms with Crippen molar-refractivity contribution >= 4 is 55.8 Å². The third kappa shape index (κ3) is 3.98. The molecule has 1 amide bonds. The third-order valence-electron chi connectivity index (χ3n) is 4.64. The molecule has 0 aliphatic carbocycles. The molecule has 0 bridgehead atoms. The topological polar surface area (TPSA) is 111 Å². The van der Waals surface area contributed by atoms with Gasteiger partial charge in [-0.2, -0.15) is 0 Å². The highest BCUT2D eigenvalue weighted by atomic mass is 32.2. The maximum absolute atomic E-state index is 12.8. The summed E-state index contributed by atoms with van der Waals surface area (Å²) in [4.78, 5) is 24.9. The molecule has 1 aromatic heterocycles. The van der Waals surface area contributed by atoms with Gasteiger partial charge in [0.1, 0.15) is 15.8 Å². The first-order chi connectivity index (χ1) is 13.7. The molecule has 2 aliphatic rings. The third-order valence-corrected chi connectivity index (χ3v) is 7.72. The van der Waals surface area contributed by atoms with Gasteiger partial charge in [-0.05, 0) is 18.6 Å². The van der Waals surface area contributed by atoms with Crippen molar-refractivity contribution in [2.75, 3.05) is 11.5 Å². The number of sulfone groups is 1. The van der Waals surface area contributed by atoms with E-state index in [2.05, 4.69) is 0 Å². The summed E-state index contributed by atoms with van der Waals surface area (Å²) in [5.74, 6) is 0.460. The Labute approximate surface area is 175 Å². The number of thiocarbonyl (C=S) groups is 1. The van der Waals surface area contributed by atoms with Crippen LogP contribution in [0.2, 0.25) is 0 Å². The van der Waals surface area contributed by atoms with Crippen LogP contribution in [-0.4, -0.2) is 46.0 Å². The summed E-state index contributed by atoms with van der Waals surface area (Å²) in [5, 5.41) is 10.9. The number of furan rings is 1. The van der Waals surface area contributed by atoms with Gasteiger partial charge in [-0.3, -0.25) is 19.8 Å². The number of non-ortho nitro benzene ring substituents is 1. The molecule has 29 heavy (non-hydrogen) atoms. The van der Waals surface area contributed by atoms with E-state index in [1.165, 1.54) is 17.0 Å². The van der Waals surface area contributed by atoms with Crippen molar-refractivity contribution in [2.45, 2.75) is 12.5 Å². The molecule has 2 aliphatic heterocycles. The van der Waals surface area contributed by atoms with Crippen LogP contribution < -0.4 is 0 Å². The predicted molar refractivity (Wildman–Crippen MR) is 113 cm³/mol. The van der Waals surface area contributed by atoms with Gasteiger partial charge in [0, 0.05) is 23.8 Å². The van der Waals surface area contributed by atoms with E-state index in [1.807, 2.05) is 0 Å². The van der Waals surface area contributed by atoms with Crippen LogP contribution in [-0.2, 0) is 14.6 Å². The molecule has 0 saturated carbocycles. The van der Waals surface area contributed by atoms with Gasteiger partial charge >= 0.3 is 0 Å². The van der Waals surface area contributed by atoms with Crippen LogP contribution in [0.5, 0.6) is 0 Å². The second kappa shape index (κ2) is 7.39. The molecule has 11 heteroatoms. The number of hydrogen-bond donors (Lipinski definition) is 0. The molecular formula is C18H14N2O6S3. The van der Waals surface area contributed by atoms with Gasteiger partial charge in [-0.1, -0.05) is 36.1 Å². The van der Waals surface area contributed by atoms with E-state index in [0.717, 1.165) is 11.8 Å². The van der Waals surface area contributed by atoms with Crippen molar-refractivity contribution < 1.29 is 22.6 Å². The molecule has 2 fully saturated rings. The molecule has 150 valence electrons. The normalized spacial score (nSPS) is 22.6. The summed E-state index contributed by atoms with van der Waals surface area (Å²) in [5.41, 5.74) is 0.496. The fourth-order valence-electron chi connectivity index (χ4n) is 3.26. The van der Waals surface area contributed by atoms with Crippen LogP contribution in [0.25, 0.3) is 17.4 Å². The zero-order valence-electron chi connectivity index (χ0n) is 14.8. The lowest BCUT2D eigenvalue weighted by atomic mass is 10.1. The van der Waals surface area contributed by atoms with E-state index in [1.54, 1.807) is 30.3 Å². The molecule has 8 nitrogen and oxygen atoms in total. The van der Waals surface area contributed by atoms with Gasteiger partial charge in [0.2, 0.25) is 0 Å². The lowest BCUT2D eigenvalue weighted by molar-refractivity contribution is -0.384. The Hall–Kier alpha value is -2.50.